The van der Waals surface area contributed by atoms with E-state index in [4.69, 9.17) is 37.1 Å². The van der Waals surface area contributed by atoms with Gasteiger partial charge in [-0.3, -0.25) is 4.57 Å². The number of imidazole rings is 1. The largest absolute Gasteiger partial charge is 0.479 e. The van der Waals surface area contributed by atoms with Gasteiger partial charge in [0.25, 0.3) is 0 Å². The van der Waals surface area contributed by atoms with E-state index in [1.807, 2.05) is 6.07 Å². The Morgan fingerprint density at radius 2 is 1.97 bits per heavy atom. The summed E-state index contributed by atoms with van der Waals surface area (Å²) in [7, 11) is 0. The molecule has 204 valence electrons. The minimum Gasteiger partial charge on any atom is -0.479 e. The Morgan fingerprint density at radius 1 is 1.28 bits per heavy atom. The number of aliphatic hydroxyl groups excluding tert-OH is 1. The number of ether oxygens (including phenoxy) is 2. The first-order valence-corrected chi connectivity index (χ1v) is 12.4. The first-order valence-electron chi connectivity index (χ1n) is 12.0. The molecule has 0 spiro atoms. The van der Waals surface area contributed by atoms with Gasteiger partial charge in [-0.05, 0) is 42.3 Å². The summed E-state index contributed by atoms with van der Waals surface area (Å²) in [6, 6.07) is 9.00. The van der Waals surface area contributed by atoms with Crippen molar-refractivity contribution in [1.29, 1.82) is 0 Å². The molecule has 13 heteroatoms. The molecule has 2 fully saturated rings. The van der Waals surface area contributed by atoms with Crippen LogP contribution in [0.25, 0.3) is 11.2 Å². The van der Waals surface area contributed by atoms with E-state index in [1.54, 1.807) is 24.3 Å². The zero-order valence-corrected chi connectivity index (χ0v) is 21.3. The topological polar surface area (TPSA) is 174 Å². The molecule has 1 unspecified atom stereocenters. The Balaban J connectivity index is 0.00000112. The van der Waals surface area contributed by atoms with E-state index in [0.717, 1.165) is 18.4 Å². The fraction of sp³-hybridized carbons (Fsp3) is 0.423. The lowest BCUT2D eigenvalue weighted by molar-refractivity contribution is -0.191. The maximum absolute atomic E-state index is 11.8. The molecule has 1 aliphatic carbocycles. The Morgan fingerprint density at radius 3 is 2.59 bits per heavy atom. The number of hydrogen-bond donors (Lipinski definition) is 3. The second kappa shape index (κ2) is 12.0. The van der Waals surface area contributed by atoms with Gasteiger partial charge in [0.05, 0.1) is 18.6 Å². The zero-order valence-electron chi connectivity index (χ0n) is 20.5. The van der Waals surface area contributed by atoms with Gasteiger partial charge >= 0.3 is 12.1 Å². The SMILES string of the molecule is C#C[C@@]1(O)[C@@H](COC(Cc2ccccc2)C(=O)O)O[C@@H](n2cnc3c(CC4CC4)nc(Cl)nc32)[C@@H]1O.O=C=O. The van der Waals surface area contributed by atoms with Crippen LogP contribution in [0.4, 0.5) is 0 Å². The van der Waals surface area contributed by atoms with Crippen LogP contribution in [-0.4, -0.2) is 77.5 Å². The summed E-state index contributed by atoms with van der Waals surface area (Å²) in [4.78, 5) is 41.0. The quantitative estimate of drug-likeness (QED) is 0.255. The summed E-state index contributed by atoms with van der Waals surface area (Å²) in [5, 5.41) is 31.8. The minimum absolute atomic E-state index is 0.0321. The number of benzene rings is 1. The maximum Gasteiger partial charge on any atom is 0.373 e. The average molecular weight is 557 g/mol. The van der Waals surface area contributed by atoms with Crippen molar-refractivity contribution in [1.82, 2.24) is 19.5 Å². The molecule has 3 N–H and O–H groups in total. The Labute approximate surface area is 227 Å². The number of terminal acetylenes is 1. The third kappa shape index (κ3) is 6.15. The van der Waals surface area contributed by atoms with Crippen LogP contribution in [-0.2, 0) is 36.7 Å². The third-order valence-corrected chi connectivity index (χ3v) is 6.82. The number of rotatable bonds is 9. The molecule has 1 aliphatic heterocycles. The van der Waals surface area contributed by atoms with Crippen LogP contribution in [0.15, 0.2) is 36.7 Å². The van der Waals surface area contributed by atoms with Gasteiger partial charge < -0.3 is 24.8 Å². The Bertz CT molecular complexity index is 1400. The monoisotopic (exact) mass is 556 g/mol. The molecule has 3 aromatic rings. The summed E-state index contributed by atoms with van der Waals surface area (Å²) >= 11 is 6.17. The predicted molar refractivity (Wildman–Crippen MR) is 133 cm³/mol. The highest BCUT2D eigenvalue weighted by atomic mass is 35.5. The van der Waals surface area contributed by atoms with E-state index in [0.29, 0.717) is 29.2 Å². The number of aliphatic hydroxyl groups is 2. The van der Waals surface area contributed by atoms with E-state index in [1.165, 1.54) is 10.9 Å². The van der Waals surface area contributed by atoms with E-state index < -0.39 is 36.1 Å². The number of halogens is 1. The average Bonchev–Trinajstić information content (AvgIpc) is 3.58. The number of carbonyl (C=O) groups excluding carboxylic acids is 2. The molecule has 2 aromatic heterocycles. The van der Waals surface area contributed by atoms with Crippen molar-refractivity contribution in [3.8, 4) is 12.3 Å². The van der Waals surface area contributed by atoms with Crippen LogP contribution in [0, 0.1) is 18.3 Å². The minimum atomic E-state index is -2.15. The van der Waals surface area contributed by atoms with Crippen molar-refractivity contribution in [2.45, 2.75) is 55.8 Å². The molecule has 3 heterocycles. The van der Waals surface area contributed by atoms with Gasteiger partial charge in [0.15, 0.2) is 23.6 Å². The number of hydrogen-bond acceptors (Lipinski definition) is 10. The predicted octanol–water partition coefficient (Wildman–Crippen LogP) is 1.18. The van der Waals surface area contributed by atoms with Crippen LogP contribution in [0.5, 0.6) is 0 Å². The van der Waals surface area contributed by atoms with Crippen LogP contribution in [0.1, 0.15) is 30.3 Å². The number of carboxylic acid groups (broad SMARTS) is 1. The zero-order chi connectivity index (χ0) is 28.2. The number of aliphatic carboxylic acids is 1. The number of carboxylic acids is 1. The van der Waals surface area contributed by atoms with Gasteiger partial charge in [0, 0.05) is 6.42 Å². The standard InChI is InChI=1S/C25H25ClN4O6.CO2/c1-2-25(34)18(12-35-17(23(32)33)11-14-6-4-3-5-7-14)36-22(20(25)31)30-13-27-19-16(10-15-8-9-15)28-24(26)29-21(19)30;2-1-3/h1,3-7,13,15,17-18,20,22,31,34H,8-12H2,(H,32,33);/t17?,18-,20+,22-,25-;/m1./s1. The summed E-state index contributed by atoms with van der Waals surface area (Å²) in [6.45, 7) is -0.368. The summed E-state index contributed by atoms with van der Waals surface area (Å²) < 4.78 is 13.0. The fourth-order valence-electron chi connectivity index (χ4n) is 4.44. The van der Waals surface area contributed by atoms with E-state index in [-0.39, 0.29) is 24.5 Å². The van der Waals surface area contributed by atoms with Crippen LogP contribution >= 0.6 is 11.6 Å². The number of aromatic nitrogens is 4. The lowest BCUT2D eigenvalue weighted by Crippen LogP contribution is -2.48. The lowest BCUT2D eigenvalue weighted by atomic mass is 9.93. The molecule has 1 aromatic carbocycles. The molecule has 1 saturated carbocycles. The summed E-state index contributed by atoms with van der Waals surface area (Å²) in [5.41, 5.74) is 0.190. The normalized spacial score (nSPS) is 24.8. The Hall–Kier alpha value is -3.69. The smallest absolute Gasteiger partial charge is 0.373 e. The first-order chi connectivity index (χ1) is 18.7. The highest BCUT2D eigenvalue weighted by molar-refractivity contribution is 6.28. The molecule has 5 rings (SSSR count). The number of carbonyl (C=O) groups is 1. The first kappa shape index (κ1) is 28.3. The molecule has 12 nitrogen and oxygen atoms in total. The molecular weight excluding hydrogens is 532 g/mol. The maximum atomic E-state index is 11.8. The molecule has 0 amide bonds. The fourth-order valence-corrected chi connectivity index (χ4v) is 4.62. The van der Waals surface area contributed by atoms with Crippen molar-refractivity contribution < 1.29 is 39.2 Å². The van der Waals surface area contributed by atoms with E-state index >= 15 is 0 Å². The molecule has 2 aliphatic rings. The van der Waals surface area contributed by atoms with Gasteiger partial charge in [-0.15, -0.1) is 6.42 Å². The van der Waals surface area contributed by atoms with Crippen LogP contribution < -0.4 is 0 Å². The van der Waals surface area contributed by atoms with E-state index in [9.17, 15) is 20.1 Å². The highest BCUT2D eigenvalue weighted by Crippen LogP contribution is 2.39. The highest BCUT2D eigenvalue weighted by Gasteiger charge is 2.56. The molecule has 0 radical (unpaired) electrons. The summed E-state index contributed by atoms with van der Waals surface area (Å²) in [5.74, 6) is 1.56. The molecule has 0 bridgehead atoms. The van der Waals surface area contributed by atoms with Crippen molar-refractivity contribution in [2.75, 3.05) is 6.61 Å². The van der Waals surface area contributed by atoms with Crippen molar-refractivity contribution >= 4 is 34.9 Å². The van der Waals surface area contributed by atoms with Gasteiger partial charge in [-0.25, -0.2) is 14.8 Å². The second-order valence-electron chi connectivity index (χ2n) is 9.27. The Kier molecular flexibility index (Phi) is 8.72. The van der Waals surface area contributed by atoms with Gasteiger partial charge in [0.2, 0.25) is 5.28 Å². The van der Waals surface area contributed by atoms with Crippen molar-refractivity contribution in [3.63, 3.8) is 0 Å². The molecular formula is C26H25ClN4O8. The molecule has 1 saturated heterocycles. The van der Waals surface area contributed by atoms with Gasteiger partial charge in [-0.2, -0.15) is 14.6 Å². The lowest BCUT2D eigenvalue weighted by Gasteiger charge is -2.26. The second-order valence-corrected chi connectivity index (χ2v) is 9.61. The van der Waals surface area contributed by atoms with Crippen molar-refractivity contribution in [2.24, 2.45) is 5.92 Å². The third-order valence-electron chi connectivity index (χ3n) is 6.65. The van der Waals surface area contributed by atoms with Gasteiger partial charge in [-0.1, -0.05) is 36.3 Å². The van der Waals surface area contributed by atoms with Crippen molar-refractivity contribution in [3.05, 3.63) is 53.2 Å². The molecule has 39 heavy (non-hydrogen) atoms. The number of fused-ring (bicyclic) bond motifs is 1. The van der Waals surface area contributed by atoms with E-state index in [2.05, 4.69) is 20.9 Å². The van der Waals surface area contributed by atoms with Crippen LogP contribution in [0.3, 0.4) is 0 Å². The van der Waals surface area contributed by atoms with Crippen LogP contribution in [0.2, 0.25) is 5.28 Å². The summed E-state index contributed by atoms with van der Waals surface area (Å²) in [6.07, 6.45) is 5.15. The molecule has 5 atom stereocenters. The van der Waals surface area contributed by atoms with Gasteiger partial charge in [0.1, 0.15) is 17.7 Å². The number of nitrogens with zero attached hydrogens (tertiary/aromatic N) is 4.